The lowest BCUT2D eigenvalue weighted by molar-refractivity contribution is -0.131. The highest BCUT2D eigenvalue weighted by atomic mass is 35.5. The van der Waals surface area contributed by atoms with Gasteiger partial charge in [0.25, 0.3) is 10.2 Å². The summed E-state index contributed by atoms with van der Waals surface area (Å²) in [5.74, 6) is -0.141. The number of carbonyl (C=O) groups is 1. The SMILES string of the molecule is N#CCC(=O)N1CCN(Cc2cc(Cl)ccc2CNS(=O)(=O)N2CCOCC2)CC1. The summed E-state index contributed by atoms with van der Waals surface area (Å²) in [6.45, 7) is 4.77. The first kappa shape index (κ1) is 22.9. The fraction of sp³-hybridized carbons (Fsp3) is 0.579. The zero-order valence-corrected chi connectivity index (χ0v) is 18.3. The molecule has 2 aliphatic rings. The van der Waals surface area contributed by atoms with E-state index in [4.69, 9.17) is 21.6 Å². The fourth-order valence-corrected chi connectivity index (χ4v) is 4.88. The number of hydrogen-bond donors (Lipinski definition) is 1. The van der Waals surface area contributed by atoms with Crippen molar-refractivity contribution < 1.29 is 17.9 Å². The number of morpholine rings is 1. The van der Waals surface area contributed by atoms with Crippen LogP contribution in [0.1, 0.15) is 17.5 Å². The van der Waals surface area contributed by atoms with Crippen molar-refractivity contribution in [2.24, 2.45) is 0 Å². The molecule has 11 heteroatoms. The van der Waals surface area contributed by atoms with Crippen LogP contribution in [0.15, 0.2) is 18.2 Å². The van der Waals surface area contributed by atoms with Gasteiger partial charge in [-0.3, -0.25) is 9.69 Å². The van der Waals surface area contributed by atoms with Gasteiger partial charge in [-0.25, -0.2) is 0 Å². The maximum atomic E-state index is 12.5. The molecular weight excluding hydrogens is 430 g/mol. The van der Waals surface area contributed by atoms with Gasteiger partial charge in [-0.2, -0.15) is 22.7 Å². The van der Waals surface area contributed by atoms with Crippen LogP contribution in [-0.2, 0) is 32.8 Å². The molecule has 0 aliphatic carbocycles. The Labute approximate surface area is 182 Å². The van der Waals surface area contributed by atoms with Gasteiger partial charge in [0.2, 0.25) is 5.91 Å². The molecule has 9 nitrogen and oxygen atoms in total. The van der Waals surface area contributed by atoms with Gasteiger partial charge in [0, 0.05) is 57.4 Å². The second-order valence-corrected chi connectivity index (χ2v) is 9.43. The molecule has 0 spiro atoms. The second-order valence-electron chi connectivity index (χ2n) is 7.24. The molecule has 164 valence electrons. The van der Waals surface area contributed by atoms with E-state index in [2.05, 4.69) is 9.62 Å². The largest absolute Gasteiger partial charge is 0.379 e. The normalized spacial score (nSPS) is 18.9. The third-order valence-corrected chi connectivity index (χ3v) is 7.06. The van der Waals surface area contributed by atoms with Gasteiger partial charge in [0.05, 0.1) is 19.3 Å². The summed E-state index contributed by atoms with van der Waals surface area (Å²) in [7, 11) is -3.58. The molecule has 0 bridgehead atoms. The summed E-state index contributed by atoms with van der Waals surface area (Å²) >= 11 is 6.18. The van der Waals surface area contributed by atoms with Crippen LogP contribution in [0, 0.1) is 11.3 Å². The van der Waals surface area contributed by atoms with Gasteiger partial charge in [0.15, 0.2) is 0 Å². The summed E-state index contributed by atoms with van der Waals surface area (Å²) in [5, 5.41) is 9.27. The van der Waals surface area contributed by atoms with Gasteiger partial charge in [-0.05, 0) is 23.3 Å². The molecule has 0 aromatic heterocycles. The Balaban J connectivity index is 1.60. The molecule has 0 saturated carbocycles. The average Bonchev–Trinajstić information content (AvgIpc) is 2.74. The van der Waals surface area contributed by atoms with Crippen LogP contribution < -0.4 is 4.72 Å². The number of nitrogens with one attached hydrogen (secondary N) is 1. The molecule has 0 radical (unpaired) electrons. The van der Waals surface area contributed by atoms with Crippen molar-refractivity contribution in [3.8, 4) is 6.07 Å². The highest BCUT2D eigenvalue weighted by molar-refractivity contribution is 7.87. The number of benzene rings is 1. The van der Waals surface area contributed by atoms with E-state index in [-0.39, 0.29) is 18.9 Å². The Hall–Kier alpha value is -1.74. The second kappa shape index (κ2) is 10.5. The lowest BCUT2D eigenvalue weighted by atomic mass is 10.1. The number of nitriles is 1. The van der Waals surface area contributed by atoms with E-state index in [9.17, 15) is 13.2 Å². The Morgan fingerprint density at radius 1 is 1.13 bits per heavy atom. The molecule has 2 saturated heterocycles. The van der Waals surface area contributed by atoms with Crippen LogP contribution in [0.3, 0.4) is 0 Å². The Morgan fingerprint density at radius 3 is 2.50 bits per heavy atom. The summed E-state index contributed by atoms with van der Waals surface area (Å²) < 4.78 is 34.4. The smallest absolute Gasteiger partial charge is 0.279 e. The first-order chi connectivity index (χ1) is 14.4. The van der Waals surface area contributed by atoms with Gasteiger partial charge in [-0.15, -0.1) is 0 Å². The monoisotopic (exact) mass is 455 g/mol. The van der Waals surface area contributed by atoms with Crippen molar-refractivity contribution in [3.63, 3.8) is 0 Å². The zero-order valence-electron chi connectivity index (χ0n) is 16.7. The van der Waals surface area contributed by atoms with Gasteiger partial charge >= 0.3 is 0 Å². The van der Waals surface area contributed by atoms with Crippen molar-refractivity contribution in [2.45, 2.75) is 19.5 Å². The first-order valence-electron chi connectivity index (χ1n) is 9.86. The predicted octanol–water partition coefficient (Wildman–Crippen LogP) is 0.564. The van der Waals surface area contributed by atoms with Gasteiger partial charge in [-0.1, -0.05) is 17.7 Å². The topological polar surface area (TPSA) is 106 Å². The number of halogens is 1. The fourth-order valence-electron chi connectivity index (χ4n) is 3.54. The van der Waals surface area contributed by atoms with Crippen molar-refractivity contribution in [1.29, 1.82) is 5.26 Å². The van der Waals surface area contributed by atoms with E-state index < -0.39 is 10.2 Å². The molecule has 0 unspecified atom stereocenters. The number of carbonyl (C=O) groups excluding carboxylic acids is 1. The van der Waals surface area contributed by atoms with Crippen molar-refractivity contribution in [3.05, 3.63) is 34.3 Å². The van der Waals surface area contributed by atoms with Crippen LogP contribution in [0.4, 0.5) is 0 Å². The molecule has 3 rings (SSSR count). The van der Waals surface area contributed by atoms with Crippen LogP contribution >= 0.6 is 11.6 Å². The third-order valence-electron chi connectivity index (χ3n) is 5.27. The molecule has 1 aromatic carbocycles. The molecule has 2 heterocycles. The summed E-state index contributed by atoms with van der Waals surface area (Å²) in [5.41, 5.74) is 1.81. The average molecular weight is 456 g/mol. The number of ether oxygens (including phenoxy) is 1. The molecule has 1 aromatic rings. The number of hydrogen-bond acceptors (Lipinski definition) is 6. The highest BCUT2D eigenvalue weighted by Crippen LogP contribution is 2.20. The van der Waals surface area contributed by atoms with Crippen LogP contribution in [0.5, 0.6) is 0 Å². The predicted molar refractivity (Wildman–Crippen MR) is 112 cm³/mol. The summed E-state index contributed by atoms with van der Waals surface area (Å²) in [6, 6.07) is 7.34. The standard InChI is InChI=1S/C19H26ClN5O4S/c20-18-2-1-16(14-22-30(27,28)25-9-11-29-12-10-25)17(13-18)15-23-5-7-24(8-6-23)19(26)3-4-21/h1-2,13,22H,3,5-12,14-15H2. The minimum Gasteiger partial charge on any atom is -0.379 e. The molecule has 1 amide bonds. The molecule has 0 atom stereocenters. The molecular formula is C19H26ClN5O4S. The summed E-state index contributed by atoms with van der Waals surface area (Å²) in [4.78, 5) is 15.8. The van der Waals surface area contributed by atoms with E-state index in [0.717, 1.165) is 11.1 Å². The van der Waals surface area contributed by atoms with E-state index >= 15 is 0 Å². The third kappa shape index (κ3) is 6.14. The Kier molecular flexibility index (Phi) is 8.05. The lowest BCUT2D eigenvalue weighted by Gasteiger charge is -2.34. The van der Waals surface area contributed by atoms with Crippen LogP contribution in [0.25, 0.3) is 0 Å². The maximum Gasteiger partial charge on any atom is 0.279 e. The highest BCUT2D eigenvalue weighted by Gasteiger charge is 2.25. The quantitative estimate of drug-likeness (QED) is 0.644. The number of rotatable bonds is 7. The van der Waals surface area contributed by atoms with Gasteiger partial charge < -0.3 is 9.64 Å². The molecule has 30 heavy (non-hydrogen) atoms. The van der Waals surface area contributed by atoms with E-state index in [1.807, 2.05) is 18.2 Å². The molecule has 2 fully saturated rings. The molecule has 2 aliphatic heterocycles. The maximum absolute atomic E-state index is 12.5. The van der Waals surface area contributed by atoms with Crippen LogP contribution in [-0.4, -0.2) is 80.9 Å². The van der Waals surface area contributed by atoms with E-state index in [0.29, 0.717) is 64.0 Å². The van der Waals surface area contributed by atoms with E-state index in [1.54, 1.807) is 11.0 Å². The van der Waals surface area contributed by atoms with Gasteiger partial charge in [0.1, 0.15) is 6.42 Å². The van der Waals surface area contributed by atoms with Crippen molar-refractivity contribution in [1.82, 2.24) is 18.8 Å². The molecule has 1 N–H and O–H groups in total. The first-order valence-corrected chi connectivity index (χ1v) is 11.7. The minimum atomic E-state index is -3.58. The summed E-state index contributed by atoms with van der Waals surface area (Å²) in [6.07, 6.45) is -0.0955. The minimum absolute atomic E-state index is 0.0955. The van der Waals surface area contributed by atoms with Crippen LogP contribution in [0.2, 0.25) is 5.02 Å². The number of nitrogens with zero attached hydrogens (tertiary/aromatic N) is 4. The van der Waals surface area contributed by atoms with Crippen molar-refractivity contribution in [2.75, 3.05) is 52.5 Å². The zero-order chi connectivity index (χ0) is 21.6. The van der Waals surface area contributed by atoms with E-state index in [1.165, 1.54) is 4.31 Å². The number of piperazine rings is 1. The Bertz CT molecular complexity index is 891. The van der Waals surface area contributed by atoms with Crippen molar-refractivity contribution >= 4 is 27.7 Å². The lowest BCUT2D eigenvalue weighted by Crippen LogP contribution is -2.48. The Morgan fingerprint density at radius 2 is 1.83 bits per heavy atom. The number of amides is 1.